The molecule has 1 aliphatic rings. The van der Waals surface area contributed by atoms with Gasteiger partial charge in [-0.3, -0.25) is 9.59 Å². The molecule has 0 unspecified atom stereocenters. The molecule has 0 radical (unpaired) electrons. The van der Waals surface area contributed by atoms with E-state index in [0.29, 0.717) is 69.7 Å². The van der Waals surface area contributed by atoms with Gasteiger partial charge in [0, 0.05) is 38.2 Å². The molecule has 0 bridgehead atoms. The van der Waals surface area contributed by atoms with E-state index in [1.165, 1.54) is 0 Å². The topological polar surface area (TPSA) is 97.3 Å². The highest BCUT2D eigenvalue weighted by Gasteiger charge is 2.16. The van der Waals surface area contributed by atoms with Crippen molar-refractivity contribution in [3.8, 4) is 17.2 Å². The highest BCUT2D eigenvalue weighted by molar-refractivity contribution is 5.94. The molecule has 0 saturated heterocycles. The third-order valence-corrected chi connectivity index (χ3v) is 6.08. The van der Waals surface area contributed by atoms with E-state index in [4.69, 9.17) is 19.3 Å². The fraction of sp³-hybridized carbons (Fsp3) is 0.481. The van der Waals surface area contributed by atoms with E-state index in [0.717, 1.165) is 29.0 Å². The lowest BCUT2D eigenvalue weighted by Crippen LogP contribution is -2.34. The summed E-state index contributed by atoms with van der Waals surface area (Å²) in [6.07, 6.45) is 4.33. The molecule has 3 rings (SSSR count). The molecular weight excluding hydrogens is 448 g/mol. The van der Waals surface area contributed by atoms with Crippen molar-refractivity contribution in [3.05, 3.63) is 47.5 Å². The highest BCUT2D eigenvalue weighted by Crippen LogP contribution is 2.28. The van der Waals surface area contributed by atoms with Gasteiger partial charge in [-0.05, 0) is 73.6 Å². The predicted octanol–water partition coefficient (Wildman–Crippen LogP) is 3.59. The summed E-state index contributed by atoms with van der Waals surface area (Å²) in [7, 11) is 3.21. The van der Waals surface area contributed by atoms with Gasteiger partial charge in [0.15, 0.2) is 11.5 Å². The van der Waals surface area contributed by atoms with E-state index in [9.17, 15) is 9.59 Å². The number of nitrogens with zero attached hydrogens (tertiary/aromatic N) is 1. The van der Waals surface area contributed by atoms with E-state index in [1.807, 2.05) is 41.3 Å². The number of aliphatic hydroxyl groups is 1. The number of carbonyl (C=O) groups excluding carboxylic acids is 2. The van der Waals surface area contributed by atoms with Crippen LogP contribution >= 0.6 is 0 Å². The minimum atomic E-state index is 0.0411. The number of amides is 2. The van der Waals surface area contributed by atoms with Crippen LogP contribution in [-0.2, 0) is 22.4 Å². The van der Waals surface area contributed by atoms with Crippen molar-refractivity contribution >= 4 is 17.5 Å². The van der Waals surface area contributed by atoms with Crippen molar-refractivity contribution in [2.45, 2.75) is 44.9 Å². The second kappa shape index (κ2) is 13.6. The van der Waals surface area contributed by atoms with E-state index >= 15 is 0 Å². The maximum absolute atomic E-state index is 12.9. The van der Waals surface area contributed by atoms with Gasteiger partial charge in [0.2, 0.25) is 11.8 Å². The molecule has 2 aromatic rings. The van der Waals surface area contributed by atoms with Gasteiger partial charge in [-0.2, -0.15) is 0 Å². The average Bonchev–Trinajstić information content (AvgIpc) is 2.88. The van der Waals surface area contributed by atoms with Gasteiger partial charge in [0.25, 0.3) is 0 Å². The number of rotatable bonds is 14. The second-order valence-electron chi connectivity index (χ2n) is 8.57. The summed E-state index contributed by atoms with van der Waals surface area (Å²) in [5, 5.41) is 12.0. The predicted molar refractivity (Wildman–Crippen MR) is 134 cm³/mol. The van der Waals surface area contributed by atoms with Crippen LogP contribution < -0.4 is 19.5 Å². The fourth-order valence-electron chi connectivity index (χ4n) is 4.10. The summed E-state index contributed by atoms with van der Waals surface area (Å²) < 4.78 is 16.5. The summed E-state index contributed by atoms with van der Waals surface area (Å²) in [6, 6.07) is 11.5. The Morgan fingerprint density at radius 2 is 1.83 bits per heavy atom. The number of carbonyl (C=O) groups is 2. The summed E-state index contributed by atoms with van der Waals surface area (Å²) in [4.78, 5) is 26.3. The van der Waals surface area contributed by atoms with Crippen LogP contribution in [0.2, 0.25) is 0 Å². The summed E-state index contributed by atoms with van der Waals surface area (Å²) >= 11 is 0. The van der Waals surface area contributed by atoms with E-state index < -0.39 is 0 Å². The average molecular weight is 485 g/mol. The zero-order chi connectivity index (χ0) is 25.0. The molecule has 8 heteroatoms. The lowest BCUT2D eigenvalue weighted by atomic mass is 10.0. The molecule has 2 N–H and O–H groups in total. The molecule has 8 nitrogen and oxygen atoms in total. The fourth-order valence-corrected chi connectivity index (χ4v) is 4.10. The first-order chi connectivity index (χ1) is 17.0. The van der Waals surface area contributed by atoms with Crippen molar-refractivity contribution in [3.63, 3.8) is 0 Å². The summed E-state index contributed by atoms with van der Waals surface area (Å²) in [5.74, 6) is 2.22. The third kappa shape index (κ3) is 7.89. The zero-order valence-electron chi connectivity index (χ0n) is 20.7. The number of hydrogen-bond donors (Lipinski definition) is 2. The molecule has 35 heavy (non-hydrogen) atoms. The van der Waals surface area contributed by atoms with Crippen molar-refractivity contribution < 1.29 is 28.9 Å². The van der Waals surface area contributed by atoms with Gasteiger partial charge in [-0.1, -0.05) is 6.07 Å². The van der Waals surface area contributed by atoms with Crippen LogP contribution in [0.5, 0.6) is 17.2 Å². The molecule has 0 fully saturated rings. The third-order valence-electron chi connectivity index (χ3n) is 6.08. The standard InChI is InChI=1S/C27H36N2O6/c1-33-24-11-7-20(18-25(24)34-2)13-15-29(14-3-4-16-30)27(32)6-5-17-35-22-9-10-23-21(19-22)8-12-26(31)28-23/h7,9-11,18-19,30H,3-6,8,12-17H2,1-2H3,(H,28,31). The van der Waals surface area contributed by atoms with Crippen LogP contribution in [-0.4, -0.2) is 62.3 Å². The van der Waals surface area contributed by atoms with Gasteiger partial charge in [-0.15, -0.1) is 0 Å². The van der Waals surface area contributed by atoms with Crippen molar-refractivity contribution in [2.24, 2.45) is 0 Å². The number of unbranched alkanes of at least 4 members (excludes halogenated alkanes) is 1. The Balaban J connectivity index is 1.49. The number of ether oxygens (including phenoxy) is 3. The van der Waals surface area contributed by atoms with E-state index in [1.54, 1.807) is 14.2 Å². The van der Waals surface area contributed by atoms with Crippen LogP contribution in [0.15, 0.2) is 36.4 Å². The lowest BCUT2D eigenvalue weighted by molar-refractivity contribution is -0.131. The van der Waals surface area contributed by atoms with Crippen LogP contribution in [0.1, 0.15) is 43.2 Å². The highest BCUT2D eigenvalue weighted by atomic mass is 16.5. The smallest absolute Gasteiger partial charge is 0.224 e. The normalized spacial score (nSPS) is 12.5. The first-order valence-electron chi connectivity index (χ1n) is 12.2. The Hall–Kier alpha value is -3.26. The van der Waals surface area contributed by atoms with Crippen molar-refractivity contribution in [1.82, 2.24) is 4.90 Å². The molecule has 2 amide bonds. The van der Waals surface area contributed by atoms with Crippen LogP contribution in [0.25, 0.3) is 0 Å². The maximum Gasteiger partial charge on any atom is 0.224 e. The van der Waals surface area contributed by atoms with Crippen LogP contribution in [0.4, 0.5) is 5.69 Å². The van der Waals surface area contributed by atoms with Gasteiger partial charge in [0.1, 0.15) is 5.75 Å². The molecule has 0 aromatic heterocycles. The molecule has 0 aliphatic carbocycles. The van der Waals surface area contributed by atoms with Gasteiger partial charge in [0.05, 0.1) is 20.8 Å². The molecule has 2 aromatic carbocycles. The van der Waals surface area contributed by atoms with Crippen molar-refractivity contribution in [2.75, 3.05) is 45.8 Å². The maximum atomic E-state index is 12.9. The van der Waals surface area contributed by atoms with E-state index in [-0.39, 0.29) is 18.4 Å². The molecular formula is C27H36N2O6. The molecule has 190 valence electrons. The van der Waals surface area contributed by atoms with Crippen LogP contribution in [0, 0.1) is 0 Å². The SMILES string of the molecule is COc1ccc(CCN(CCCCO)C(=O)CCCOc2ccc3c(c2)CCC(=O)N3)cc1OC. The number of anilines is 1. The van der Waals surface area contributed by atoms with Crippen LogP contribution in [0.3, 0.4) is 0 Å². The Labute approximate surface area is 207 Å². The quantitative estimate of drug-likeness (QED) is 0.398. The second-order valence-corrected chi connectivity index (χ2v) is 8.57. The monoisotopic (exact) mass is 484 g/mol. The Morgan fingerprint density at radius 3 is 2.60 bits per heavy atom. The van der Waals surface area contributed by atoms with E-state index in [2.05, 4.69) is 5.32 Å². The summed E-state index contributed by atoms with van der Waals surface area (Å²) in [5.41, 5.74) is 2.98. The van der Waals surface area contributed by atoms with Gasteiger partial charge >= 0.3 is 0 Å². The Morgan fingerprint density at radius 1 is 1.00 bits per heavy atom. The van der Waals surface area contributed by atoms with Crippen molar-refractivity contribution in [1.29, 1.82) is 0 Å². The molecule has 0 spiro atoms. The number of fused-ring (bicyclic) bond motifs is 1. The summed E-state index contributed by atoms with van der Waals surface area (Å²) in [6.45, 7) is 1.77. The van der Waals surface area contributed by atoms with Gasteiger partial charge < -0.3 is 29.5 Å². The zero-order valence-corrected chi connectivity index (χ0v) is 20.7. The Kier molecular flexibility index (Phi) is 10.2. The number of nitrogens with one attached hydrogen (secondary N) is 1. The first kappa shape index (κ1) is 26.3. The number of hydrogen-bond acceptors (Lipinski definition) is 6. The molecule has 0 atom stereocenters. The Bertz CT molecular complexity index is 994. The number of aryl methyl sites for hydroxylation is 1. The molecule has 1 aliphatic heterocycles. The minimum Gasteiger partial charge on any atom is -0.494 e. The van der Waals surface area contributed by atoms with Gasteiger partial charge in [-0.25, -0.2) is 0 Å². The lowest BCUT2D eigenvalue weighted by Gasteiger charge is -2.23. The number of aliphatic hydroxyl groups excluding tert-OH is 1. The molecule has 1 heterocycles. The minimum absolute atomic E-state index is 0.0411. The first-order valence-corrected chi connectivity index (χ1v) is 12.2. The number of methoxy groups -OCH3 is 2. The largest absolute Gasteiger partial charge is 0.494 e. The molecule has 0 saturated carbocycles. The number of benzene rings is 2.